The number of rotatable bonds is 6. The van der Waals surface area contributed by atoms with E-state index < -0.39 is 0 Å². The number of hydrogen-bond acceptors (Lipinski definition) is 5. The molecule has 136 valence electrons. The van der Waals surface area contributed by atoms with Gasteiger partial charge in [0, 0.05) is 16.2 Å². The zero-order valence-corrected chi connectivity index (χ0v) is 16.8. The predicted molar refractivity (Wildman–Crippen MR) is 109 cm³/mol. The van der Waals surface area contributed by atoms with Crippen LogP contribution in [0.25, 0.3) is 0 Å². The van der Waals surface area contributed by atoms with E-state index >= 15 is 0 Å². The maximum atomic E-state index is 12.5. The molecule has 0 fully saturated rings. The molecule has 0 atom stereocenters. The molecule has 1 aromatic carbocycles. The SMILES string of the molecule is CCc1cnc(CSC2=CCC=C(NC(=O)c3ccc(C)c(C)c3)S2)o1. The van der Waals surface area contributed by atoms with Crippen LogP contribution in [0.3, 0.4) is 0 Å². The highest BCUT2D eigenvalue weighted by atomic mass is 32.2. The molecule has 6 heteroatoms. The molecule has 0 saturated carbocycles. The molecule has 0 radical (unpaired) electrons. The van der Waals surface area contributed by atoms with Crippen molar-refractivity contribution in [2.75, 3.05) is 0 Å². The average molecular weight is 387 g/mol. The van der Waals surface area contributed by atoms with Gasteiger partial charge in [-0.1, -0.05) is 30.8 Å². The minimum Gasteiger partial charge on any atom is -0.445 e. The topological polar surface area (TPSA) is 55.1 Å². The third-order valence-corrected chi connectivity index (χ3v) is 6.39. The van der Waals surface area contributed by atoms with Crippen molar-refractivity contribution in [3.8, 4) is 0 Å². The van der Waals surface area contributed by atoms with Crippen LogP contribution in [0.5, 0.6) is 0 Å². The molecule has 3 rings (SSSR count). The van der Waals surface area contributed by atoms with E-state index in [0.29, 0.717) is 11.3 Å². The number of allylic oxidation sites excluding steroid dienone is 2. The summed E-state index contributed by atoms with van der Waals surface area (Å²) in [7, 11) is 0. The number of carbonyl (C=O) groups excluding carboxylic acids is 1. The van der Waals surface area contributed by atoms with Gasteiger partial charge in [-0.25, -0.2) is 4.98 Å². The first-order chi connectivity index (χ1) is 12.5. The van der Waals surface area contributed by atoms with Crippen molar-refractivity contribution >= 4 is 29.4 Å². The van der Waals surface area contributed by atoms with Crippen LogP contribution >= 0.6 is 23.5 Å². The first-order valence-electron chi connectivity index (χ1n) is 8.58. The van der Waals surface area contributed by atoms with Gasteiger partial charge in [-0.2, -0.15) is 0 Å². The molecule has 1 aromatic heterocycles. The van der Waals surface area contributed by atoms with E-state index in [1.807, 2.05) is 45.0 Å². The van der Waals surface area contributed by atoms with Crippen LogP contribution < -0.4 is 5.32 Å². The maximum absolute atomic E-state index is 12.5. The molecule has 2 aromatic rings. The zero-order chi connectivity index (χ0) is 18.5. The number of carbonyl (C=O) groups is 1. The minimum atomic E-state index is -0.0709. The highest BCUT2D eigenvalue weighted by Crippen LogP contribution is 2.38. The second-order valence-corrected chi connectivity index (χ2v) is 8.40. The highest BCUT2D eigenvalue weighted by Gasteiger charge is 2.14. The van der Waals surface area contributed by atoms with Crippen LogP contribution in [-0.4, -0.2) is 10.9 Å². The number of aromatic nitrogens is 1. The van der Waals surface area contributed by atoms with E-state index in [1.165, 1.54) is 5.56 Å². The Morgan fingerprint density at radius 2 is 2.15 bits per heavy atom. The number of hydrogen-bond donors (Lipinski definition) is 1. The monoisotopic (exact) mass is 386 g/mol. The summed E-state index contributed by atoms with van der Waals surface area (Å²) in [6.45, 7) is 6.11. The summed E-state index contributed by atoms with van der Waals surface area (Å²) < 4.78 is 6.79. The molecule has 0 saturated heterocycles. The van der Waals surface area contributed by atoms with Gasteiger partial charge in [-0.3, -0.25) is 4.79 Å². The number of benzene rings is 1. The molecule has 0 aliphatic carbocycles. The number of amides is 1. The highest BCUT2D eigenvalue weighted by molar-refractivity contribution is 8.23. The van der Waals surface area contributed by atoms with Gasteiger partial charge in [-0.05, 0) is 49.6 Å². The molecule has 2 heterocycles. The summed E-state index contributed by atoms with van der Waals surface area (Å²) in [5.41, 5.74) is 2.99. The van der Waals surface area contributed by atoms with Gasteiger partial charge in [0.15, 0.2) is 0 Å². The lowest BCUT2D eigenvalue weighted by Gasteiger charge is -2.15. The third-order valence-electron chi connectivity index (χ3n) is 4.09. The van der Waals surface area contributed by atoms with Gasteiger partial charge in [0.1, 0.15) is 5.76 Å². The van der Waals surface area contributed by atoms with Crippen LogP contribution in [0.4, 0.5) is 0 Å². The van der Waals surface area contributed by atoms with Gasteiger partial charge in [0.2, 0.25) is 5.89 Å². The smallest absolute Gasteiger partial charge is 0.256 e. The standard InChI is InChI=1S/C20H22N2O2S2/c1-4-16-11-21-17(24-16)12-25-19-7-5-6-18(26-19)22-20(23)15-9-8-13(2)14(3)10-15/h6-11H,4-5,12H2,1-3H3,(H,22,23). The van der Waals surface area contributed by atoms with E-state index in [2.05, 4.69) is 16.4 Å². The number of nitrogens with one attached hydrogen (secondary N) is 1. The molecule has 0 spiro atoms. The lowest BCUT2D eigenvalue weighted by atomic mass is 10.1. The Bertz CT molecular complexity index is 868. The Labute approximate surface area is 162 Å². The van der Waals surface area contributed by atoms with Gasteiger partial charge >= 0.3 is 0 Å². The molecule has 0 bridgehead atoms. The molecule has 26 heavy (non-hydrogen) atoms. The second-order valence-electron chi connectivity index (χ2n) is 6.05. The number of nitrogens with zero attached hydrogens (tertiary/aromatic N) is 1. The molecule has 1 N–H and O–H groups in total. The van der Waals surface area contributed by atoms with Crippen LogP contribution in [0.2, 0.25) is 0 Å². The Balaban J connectivity index is 1.54. The fourth-order valence-electron chi connectivity index (χ4n) is 2.40. The quantitative estimate of drug-likeness (QED) is 0.726. The number of thioether (sulfide) groups is 2. The summed E-state index contributed by atoms with van der Waals surface area (Å²) in [6, 6.07) is 5.78. The molecule has 0 unspecified atom stereocenters. The maximum Gasteiger partial charge on any atom is 0.256 e. The van der Waals surface area contributed by atoms with Gasteiger partial charge in [-0.15, -0.1) is 11.8 Å². The largest absolute Gasteiger partial charge is 0.445 e. The minimum absolute atomic E-state index is 0.0709. The molecule has 4 nitrogen and oxygen atoms in total. The van der Waals surface area contributed by atoms with E-state index in [9.17, 15) is 4.79 Å². The van der Waals surface area contributed by atoms with Crippen LogP contribution in [0.1, 0.15) is 46.5 Å². The Morgan fingerprint density at radius 1 is 1.31 bits per heavy atom. The summed E-state index contributed by atoms with van der Waals surface area (Å²) in [4.78, 5) is 16.8. The Kier molecular flexibility index (Phi) is 6.27. The van der Waals surface area contributed by atoms with Crippen molar-refractivity contribution in [2.45, 2.75) is 39.4 Å². The van der Waals surface area contributed by atoms with E-state index in [-0.39, 0.29) is 5.91 Å². The normalized spacial score (nSPS) is 14.0. The van der Waals surface area contributed by atoms with Crippen molar-refractivity contribution in [3.63, 3.8) is 0 Å². The van der Waals surface area contributed by atoms with E-state index in [4.69, 9.17) is 4.42 Å². The summed E-state index contributed by atoms with van der Waals surface area (Å²) >= 11 is 3.26. The second kappa shape index (κ2) is 8.64. The van der Waals surface area contributed by atoms with Crippen LogP contribution in [-0.2, 0) is 12.2 Å². The van der Waals surface area contributed by atoms with Crippen molar-refractivity contribution in [1.82, 2.24) is 10.3 Å². The number of oxazole rings is 1. The Morgan fingerprint density at radius 3 is 2.88 bits per heavy atom. The summed E-state index contributed by atoms with van der Waals surface area (Å²) in [5, 5.41) is 3.89. The van der Waals surface area contributed by atoms with Crippen LogP contribution in [0.15, 0.2) is 50.2 Å². The van der Waals surface area contributed by atoms with Crippen molar-refractivity contribution in [1.29, 1.82) is 0 Å². The van der Waals surface area contributed by atoms with Gasteiger partial charge < -0.3 is 9.73 Å². The Hall–Kier alpha value is -1.92. The molecule has 1 aliphatic rings. The van der Waals surface area contributed by atoms with Crippen molar-refractivity contribution in [3.05, 3.63) is 74.2 Å². The van der Waals surface area contributed by atoms with E-state index in [1.54, 1.807) is 29.7 Å². The van der Waals surface area contributed by atoms with Crippen molar-refractivity contribution < 1.29 is 9.21 Å². The third kappa shape index (κ3) is 4.83. The lowest BCUT2D eigenvalue weighted by Crippen LogP contribution is -2.22. The zero-order valence-electron chi connectivity index (χ0n) is 15.2. The van der Waals surface area contributed by atoms with E-state index in [0.717, 1.165) is 39.3 Å². The van der Waals surface area contributed by atoms with Gasteiger partial charge in [0.05, 0.1) is 17.0 Å². The summed E-state index contributed by atoms with van der Waals surface area (Å²) in [5.74, 6) is 2.27. The fourth-order valence-corrected chi connectivity index (χ4v) is 4.41. The lowest BCUT2D eigenvalue weighted by molar-refractivity contribution is 0.0968. The number of aryl methyl sites for hydroxylation is 3. The molecular formula is C20H22N2O2S2. The molecule has 1 amide bonds. The first kappa shape index (κ1) is 18.9. The first-order valence-corrected chi connectivity index (χ1v) is 10.4. The van der Waals surface area contributed by atoms with Crippen LogP contribution in [0, 0.1) is 13.8 Å². The fraction of sp³-hybridized carbons (Fsp3) is 0.300. The molecule has 1 aliphatic heterocycles. The average Bonchev–Trinajstić information content (AvgIpc) is 3.11. The van der Waals surface area contributed by atoms with Gasteiger partial charge in [0.25, 0.3) is 5.91 Å². The molecular weight excluding hydrogens is 364 g/mol. The summed E-state index contributed by atoms with van der Waals surface area (Å²) in [6.07, 6.45) is 7.64. The van der Waals surface area contributed by atoms with Crippen molar-refractivity contribution in [2.24, 2.45) is 0 Å². The predicted octanol–water partition coefficient (Wildman–Crippen LogP) is 5.34.